The van der Waals surface area contributed by atoms with Crippen LogP contribution in [0.3, 0.4) is 0 Å². The van der Waals surface area contributed by atoms with E-state index in [-0.39, 0.29) is 24.3 Å². The van der Waals surface area contributed by atoms with Gasteiger partial charge in [-0.25, -0.2) is 19.4 Å². The Balaban J connectivity index is 1.27. The normalized spacial score (nSPS) is 19.2. The van der Waals surface area contributed by atoms with Gasteiger partial charge in [0.2, 0.25) is 0 Å². The number of carbonyl (C=O) groups excluding carboxylic acids is 3. The molecule has 1 aromatic heterocycles. The first-order valence-electron chi connectivity index (χ1n) is 17.4. The smallest absolute Gasteiger partial charge is 0.338 e. The molecular formula is C43H35ClN2O8S. The van der Waals surface area contributed by atoms with Crippen LogP contribution in [-0.4, -0.2) is 60.1 Å². The second kappa shape index (κ2) is 18.0. The third-order valence-corrected chi connectivity index (χ3v) is 9.76. The zero-order valence-corrected chi connectivity index (χ0v) is 30.8. The van der Waals surface area contributed by atoms with Crippen LogP contribution < -0.4 is 5.32 Å². The molecule has 1 saturated heterocycles. The monoisotopic (exact) mass is 774 g/mol. The van der Waals surface area contributed by atoms with Gasteiger partial charge in [0.15, 0.2) is 23.6 Å². The Morgan fingerprint density at radius 1 is 0.673 bits per heavy atom. The van der Waals surface area contributed by atoms with E-state index in [9.17, 15) is 14.4 Å². The molecule has 278 valence electrons. The molecule has 0 saturated carbocycles. The molecule has 0 aliphatic carbocycles. The number of ether oxygens (including phenoxy) is 5. The SMILES string of the molecule is O=C(OC[C@H]1O[C@@H](OCc2ccccc2)[C@H](Nc2nc(-c3ccc(Cl)cc3)cs2)[C@@H](OC(=O)c2ccccc2)[C@@H]1OC(=O)c1ccccc1)c1ccccc1. The molecule has 6 aromatic rings. The molecule has 7 rings (SSSR count). The molecule has 1 aliphatic rings. The van der Waals surface area contributed by atoms with E-state index >= 15 is 0 Å². The van der Waals surface area contributed by atoms with E-state index < -0.39 is 48.6 Å². The maximum Gasteiger partial charge on any atom is 0.338 e. The molecule has 0 bridgehead atoms. The van der Waals surface area contributed by atoms with Crippen LogP contribution in [0.4, 0.5) is 5.13 Å². The molecular weight excluding hydrogens is 740 g/mol. The summed E-state index contributed by atoms with van der Waals surface area (Å²) in [5.74, 6) is -1.99. The van der Waals surface area contributed by atoms with Crippen LogP contribution in [0.25, 0.3) is 11.3 Å². The quantitative estimate of drug-likeness (QED) is 0.0903. The van der Waals surface area contributed by atoms with Gasteiger partial charge in [-0.2, -0.15) is 0 Å². The first kappa shape index (κ1) is 37.5. The number of carbonyl (C=O) groups is 3. The van der Waals surface area contributed by atoms with Crippen molar-refractivity contribution in [2.24, 2.45) is 0 Å². The van der Waals surface area contributed by atoms with Crippen molar-refractivity contribution in [1.29, 1.82) is 0 Å². The van der Waals surface area contributed by atoms with Gasteiger partial charge in [0.1, 0.15) is 18.8 Å². The van der Waals surface area contributed by atoms with Crippen molar-refractivity contribution in [3.63, 3.8) is 0 Å². The summed E-state index contributed by atoms with van der Waals surface area (Å²) < 4.78 is 31.3. The average Bonchev–Trinajstić information content (AvgIpc) is 3.71. The Kier molecular flexibility index (Phi) is 12.3. The zero-order chi connectivity index (χ0) is 38.0. The number of anilines is 1. The summed E-state index contributed by atoms with van der Waals surface area (Å²) in [5, 5.41) is 6.31. The molecule has 1 aliphatic heterocycles. The van der Waals surface area contributed by atoms with E-state index in [1.807, 2.05) is 47.8 Å². The second-order valence-corrected chi connectivity index (χ2v) is 13.8. The molecule has 0 unspecified atom stereocenters. The Labute approximate surface area is 326 Å². The summed E-state index contributed by atoms with van der Waals surface area (Å²) >= 11 is 7.45. The minimum absolute atomic E-state index is 0.113. The molecule has 1 N–H and O–H groups in total. The van der Waals surface area contributed by atoms with Crippen molar-refractivity contribution in [3.8, 4) is 11.3 Å². The van der Waals surface area contributed by atoms with Crippen molar-refractivity contribution in [2.45, 2.75) is 37.3 Å². The predicted octanol–water partition coefficient (Wildman–Crippen LogP) is 8.49. The first-order chi connectivity index (χ1) is 26.9. The highest BCUT2D eigenvalue weighted by atomic mass is 35.5. The topological polar surface area (TPSA) is 122 Å². The van der Waals surface area contributed by atoms with Gasteiger partial charge >= 0.3 is 17.9 Å². The number of aromatic nitrogens is 1. The summed E-state index contributed by atoms with van der Waals surface area (Å²) in [5.41, 5.74) is 3.22. The lowest BCUT2D eigenvalue weighted by Gasteiger charge is -2.45. The summed E-state index contributed by atoms with van der Waals surface area (Å²) in [4.78, 5) is 45.7. The Morgan fingerprint density at radius 3 is 1.78 bits per heavy atom. The molecule has 55 heavy (non-hydrogen) atoms. The summed E-state index contributed by atoms with van der Waals surface area (Å²) in [6, 6.07) is 41.1. The summed E-state index contributed by atoms with van der Waals surface area (Å²) in [6.45, 7) is -0.252. The van der Waals surface area contributed by atoms with Gasteiger partial charge in [-0.05, 0) is 54.1 Å². The summed E-state index contributed by atoms with van der Waals surface area (Å²) in [6.07, 6.45) is -4.83. The first-order valence-corrected chi connectivity index (χ1v) is 18.7. The highest BCUT2D eigenvalue weighted by molar-refractivity contribution is 7.14. The van der Waals surface area contributed by atoms with Gasteiger partial charge in [0.25, 0.3) is 0 Å². The number of benzene rings is 5. The lowest BCUT2D eigenvalue weighted by atomic mass is 9.96. The maximum absolute atomic E-state index is 13.9. The highest BCUT2D eigenvalue weighted by Gasteiger charge is 2.52. The van der Waals surface area contributed by atoms with Gasteiger partial charge in [0, 0.05) is 16.0 Å². The Bertz CT molecular complexity index is 2170. The van der Waals surface area contributed by atoms with Gasteiger partial charge < -0.3 is 29.0 Å². The third-order valence-electron chi connectivity index (χ3n) is 8.73. The lowest BCUT2D eigenvalue weighted by molar-refractivity contribution is -0.264. The van der Waals surface area contributed by atoms with Crippen LogP contribution >= 0.6 is 22.9 Å². The second-order valence-electron chi connectivity index (χ2n) is 12.5. The molecule has 1 fully saturated rings. The number of nitrogens with zero attached hydrogens (tertiary/aromatic N) is 1. The van der Waals surface area contributed by atoms with E-state index in [0.29, 0.717) is 21.4 Å². The number of hydrogen-bond donors (Lipinski definition) is 1. The molecule has 2 heterocycles. The predicted molar refractivity (Wildman–Crippen MR) is 208 cm³/mol. The van der Waals surface area contributed by atoms with Crippen LogP contribution in [-0.2, 0) is 30.3 Å². The zero-order valence-electron chi connectivity index (χ0n) is 29.2. The fourth-order valence-electron chi connectivity index (χ4n) is 5.95. The van der Waals surface area contributed by atoms with E-state index in [2.05, 4.69) is 5.32 Å². The maximum atomic E-state index is 13.9. The molecule has 0 spiro atoms. The fraction of sp³-hybridized carbons (Fsp3) is 0.163. The van der Waals surface area contributed by atoms with E-state index in [4.69, 9.17) is 40.3 Å². The number of rotatable bonds is 13. The van der Waals surface area contributed by atoms with Gasteiger partial charge in [-0.1, -0.05) is 109 Å². The fourth-order valence-corrected chi connectivity index (χ4v) is 6.84. The van der Waals surface area contributed by atoms with Crippen LogP contribution in [0.5, 0.6) is 0 Å². The lowest BCUT2D eigenvalue weighted by Crippen LogP contribution is -2.64. The number of esters is 3. The minimum atomic E-state index is -1.30. The summed E-state index contributed by atoms with van der Waals surface area (Å²) in [7, 11) is 0. The van der Waals surface area contributed by atoms with Crippen molar-refractivity contribution in [1.82, 2.24) is 4.98 Å². The van der Waals surface area contributed by atoms with E-state index in [1.54, 1.807) is 103 Å². The molecule has 12 heteroatoms. The number of halogens is 1. The van der Waals surface area contributed by atoms with Crippen molar-refractivity contribution in [2.75, 3.05) is 11.9 Å². The van der Waals surface area contributed by atoms with E-state index in [0.717, 1.165) is 11.1 Å². The number of nitrogens with one attached hydrogen (secondary N) is 1. The largest absolute Gasteiger partial charge is 0.459 e. The van der Waals surface area contributed by atoms with E-state index in [1.165, 1.54) is 11.3 Å². The van der Waals surface area contributed by atoms with Gasteiger partial charge in [-0.3, -0.25) is 0 Å². The minimum Gasteiger partial charge on any atom is -0.459 e. The highest BCUT2D eigenvalue weighted by Crippen LogP contribution is 2.34. The van der Waals surface area contributed by atoms with Crippen LogP contribution in [0.2, 0.25) is 5.02 Å². The van der Waals surface area contributed by atoms with Crippen molar-refractivity contribution < 1.29 is 38.1 Å². The van der Waals surface area contributed by atoms with Crippen molar-refractivity contribution in [3.05, 3.63) is 178 Å². The molecule has 0 amide bonds. The molecule has 0 radical (unpaired) electrons. The van der Waals surface area contributed by atoms with Gasteiger partial charge in [-0.15, -0.1) is 11.3 Å². The van der Waals surface area contributed by atoms with Crippen LogP contribution in [0, 0.1) is 0 Å². The van der Waals surface area contributed by atoms with Crippen LogP contribution in [0.1, 0.15) is 36.6 Å². The molecule has 5 atom stereocenters. The standard InChI is InChI=1S/C43H35ClN2O8S/c44-33-23-21-29(22-24-33)34-27-55-43(45-34)46-36-38(54-41(49)32-19-11-4-12-20-32)37(53-40(48)31-17-9-3-10-18-31)35(26-50-39(47)30-15-7-2-8-16-30)52-42(36)51-25-28-13-5-1-6-14-28/h1-24,27,35-38,42H,25-26H2,(H,45,46)/t35-,36-,37-,38-,42-/m1/s1. The number of thiazole rings is 1. The molecule has 10 nitrogen and oxygen atoms in total. The Hall–Kier alpha value is -5.85. The van der Waals surface area contributed by atoms with Gasteiger partial charge in [0.05, 0.1) is 29.0 Å². The van der Waals surface area contributed by atoms with Crippen molar-refractivity contribution >= 4 is 46.0 Å². The third kappa shape index (κ3) is 9.64. The Morgan fingerprint density at radius 2 is 1.20 bits per heavy atom. The molecule has 5 aromatic carbocycles. The van der Waals surface area contributed by atoms with Crippen LogP contribution in [0.15, 0.2) is 151 Å². The average molecular weight is 775 g/mol. The number of hydrogen-bond acceptors (Lipinski definition) is 11.